The van der Waals surface area contributed by atoms with E-state index < -0.39 is 18.8 Å². The highest BCUT2D eigenvalue weighted by molar-refractivity contribution is 5.95. The minimum Gasteiger partial charge on any atom is -0.462 e. The lowest BCUT2D eigenvalue weighted by atomic mass is 10.1. The minimum absolute atomic E-state index is 0.0237. The Bertz CT molecular complexity index is 461. The number of ether oxygens (including phenoxy) is 2. The molecule has 1 rings (SSSR count). The van der Waals surface area contributed by atoms with Gasteiger partial charge in [0.25, 0.3) is 0 Å². The van der Waals surface area contributed by atoms with Crippen LogP contribution in [0.2, 0.25) is 0 Å². The summed E-state index contributed by atoms with van der Waals surface area (Å²) in [6, 6.07) is 4.95. The number of rotatable bonds is 6. The third-order valence-electron chi connectivity index (χ3n) is 2.36. The van der Waals surface area contributed by atoms with Crippen LogP contribution in [0.15, 0.2) is 18.2 Å². The molecule has 0 saturated heterocycles. The molecule has 0 aliphatic rings. The lowest BCUT2D eigenvalue weighted by molar-refractivity contribution is -0.174. The van der Waals surface area contributed by atoms with Gasteiger partial charge in [0.1, 0.15) is 6.61 Å². The van der Waals surface area contributed by atoms with Gasteiger partial charge in [-0.1, -0.05) is 11.6 Å². The molecule has 0 bridgehead atoms. The van der Waals surface area contributed by atoms with Crippen LogP contribution in [0.4, 0.5) is 18.9 Å². The zero-order valence-electron chi connectivity index (χ0n) is 11.0. The number of halogens is 3. The summed E-state index contributed by atoms with van der Waals surface area (Å²) in [6.07, 6.45) is -4.15. The first-order valence-electron chi connectivity index (χ1n) is 5.97. The Labute approximate surface area is 114 Å². The number of alkyl halides is 3. The van der Waals surface area contributed by atoms with Crippen molar-refractivity contribution in [2.75, 3.05) is 25.6 Å². The molecule has 20 heavy (non-hydrogen) atoms. The predicted octanol–water partition coefficient (Wildman–Crippen LogP) is 2.70. The molecule has 112 valence electrons. The molecule has 0 radical (unpaired) electrons. The molecule has 0 aliphatic heterocycles. The summed E-state index contributed by atoms with van der Waals surface area (Å²) in [7, 11) is 0. The van der Waals surface area contributed by atoms with E-state index in [0.717, 1.165) is 5.56 Å². The topological polar surface area (TPSA) is 61.6 Å². The van der Waals surface area contributed by atoms with Crippen LogP contribution >= 0.6 is 0 Å². The highest BCUT2D eigenvalue weighted by Crippen LogP contribution is 2.16. The van der Waals surface area contributed by atoms with Crippen molar-refractivity contribution in [3.05, 3.63) is 29.3 Å². The molecule has 0 fully saturated rings. The Morgan fingerprint density at radius 3 is 2.65 bits per heavy atom. The number of nitrogen functional groups attached to an aromatic ring is 1. The number of carbonyl (C=O) groups excluding carboxylic acids is 1. The first-order valence-corrected chi connectivity index (χ1v) is 5.97. The maximum Gasteiger partial charge on any atom is 0.411 e. The summed E-state index contributed by atoms with van der Waals surface area (Å²) >= 11 is 0. The van der Waals surface area contributed by atoms with E-state index in [1.54, 1.807) is 25.1 Å². The molecular weight excluding hydrogens is 275 g/mol. The van der Waals surface area contributed by atoms with E-state index in [9.17, 15) is 18.0 Å². The second kappa shape index (κ2) is 7.14. The quantitative estimate of drug-likeness (QED) is 0.497. The molecular formula is C13H16F3NO3. The van der Waals surface area contributed by atoms with E-state index in [1.165, 1.54) is 0 Å². The lowest BCUT2D eigenvalue weighted by Gasteiger charge is -2.09. The van der Waals surface area contributed by atoms with Gasteiger partial charge in [0, 0.05) is 12.1 Å². The van der Waals surface area contributed by atoms with Crippen LogP contribution in [0.1, 0.15) is 22.3 Å². The number of esters is 1. The third kappa shape index (κ3) is 5.92. The zero-order valence-corrected chi connectivity index (χ0v) is 11.0. The van der Waals surface area contributed by atoms with Crippen LogP contribution < -0.4 is 5.73 Å². The molecule has 1 aromatic carbocycles. The van der Waals surface area contributed by atoms with E-state index in [4.69, 9.17) is 10.5 Å². The van der Waals surface area contributed by atoms with E-state index in [1.807, 2.05) is 0 Å². The number of benzene rings is 1. The van der Waals surface area contributed by atoms with Crippen LogP contribution in [0.3, 0.4) is 0 Å². The van der Waals surface area contributed by atoms with Crippen molar-refractivity contribution in [2.45, 2.75) is 19.5 Å². The van der Waals surface area contributed by atoms with Crippen molar-refractivity contribution in [3.8, 4) is 0 Å². The predicted molar refractivity (Wildman–Crippen MR) is 67.4 cm³/mol. The summed E-state index contributed by atoms with van der Waals surface area (Å²) < 4.78 is 44.6. The average Bonchev–Trinajstić information content (AvgIpc) is 2.35. The van der Waals surface area contributed by atoms with E-state index in [2.05, 4.69) is 4.74 Å². The molecule has 2 N–H and O–H groups in total. The molecule has 0 atom stereocenters. The van der Waals surface area contributed by atoms with Gasteiger partial charge in [-0.25, -0.2) is 4.79 Å². The van der Waals surface area contributed by atoms with Gasteiger partial charge in [0.15, 0.2) is 0 Å². The Balaban J connectivity index is 2.28. The molecule has 0 saturated carbocycles. The molecule has 0 amide bonds. The number of aryl methyl sites for hydroxylation is 1. The first kappa shape index (κ1) is 16.3. The highest BCUT2D eigenvalue weighted by atomic mass is 19.4. The standard InChI is InChI=1S/C13H16F3NO3/c1-9-3-4-11(17)10(7-9)12(18)20-6-2-5-19-8-13(14,15)16/h3-4,7H,2,5-6,8,17H2,1H3. The van der Waals surface area contributed by atoms with Gasteiger partial charge < -0.3 is 15.2 Å². The fourth-order valence-electron chi connectivity index (χ4n) is 1.44. The molecule has 0 aromatic heterocycles. The summed E-state index contributed by atoms with van der Waals surface area (Å²) in [4.78, 5) is 11.7. The normalized spacial score (nSPS) is 11.4. The molecule has 1 aromatic rings. The number of hydrogen-bond acceptors (Lipinski definition) is 4. The number of carbonyl (C=O) groups is 1. The Kier molecular flexibility index (Phi) is 5.82. The van der Waals surface area contributed by atoms with E-state index in [-0.39, 0.29) is 25.2 Å². The van der Waals surface area contributed by atoms with Gasteiger partial charge in [-0.3, -0.25) is 0 Å². The van der Waals surface area contributed by atoms with Crippen LogP contribution in [-0.2, 0) is 9.47 Å². The van der Waals surface area contributed by atoms with Crippen molar-refractivity contribution in [1.82, 2.24) is 0 Å². The van der Waals surface area contributed by atoms with Gasteiger partial charge >= 0.3 is 12.1 Å². The maximum atomic E-state index is 11.8. The van der Waals surface area contributed by atoms with Gasteiger partial charge in [-0.15, -0.1) is 0 Å². The fraction of sp³-hybridized carbons (Fsp3) is 0.462. The molecule has 0 heterocycles. The molecule has 0 unspecified atom stereocenters. The Hall–Kier alpha value is -1.76. The third-order valence-corrected chi connectivity index (χ3v) is 2.36. The summed E-state index contributed by atoms with van der Waals surface area (Å²) in [5.41, 5.74) is 7.05. The average molecular weight is 291 g/mol. The van der Waals surface area contributed by atoms with E-state index >= 15 is 0 Å². The SMILES string of the molecule is Cc1ccc(N)c(C(=O)OCCCOCC(F)(F)F)c1. The smallest absolute Gasteiger partial charge is 0.411 e. The van der Waals surface area contributed by atoms with Gasteiger partial charge in [-0.2, -0.15) is 13.2 Å². The summed E-state index contributed by atoms with van der Waals surface area (Å²) in [5.74, 6) is -0.595. The molecule has 0 spiro atoms. The maximum absolute atomic E-state index is 11.8. The first-order chi connectivity index (χ1) is 9.29. The van der Waals surface area contributed by atoms with Gasteiger partial charge in [0.2, 0.25) is 0 Å². The van der Waals surface area contributed by atoms with Gasteiger partial charge in [0.05, 0.1) is 18.8 Å². The molecule has 0 aliphatic carbocycles. The monoisotopic (exact) mass is 291 g/mol. The van der Waals surface area contributed by atoms with Crippen LogP contribution in [-0.4, -0.2) is 32.0 Å². The fourth-order valence-corrected chi connectivity index (χ4v) is 1.44. The van der Waals surface area contributed by atoms with Crippen LogP contribution in [0, 0.1) is 6.92 Å². The van der Waals surface area contributed by atoms with Crippen molar-refractivity contribution in [2.24, 2.45) is 0 Å². The second-order valence-corrected chi connectivity index (χ2v) is 4.25. The van der Waals surface area contributed by atoms with Crippen molar-refractivity contribution in [1.29, 1.82) is 0 Å². The molecule has 4 nitrogen and oxygen atoms in total. The van der Waals surface area contributed by atoms with Crippen molar-refractivity contribution < 1.29 is 27.4 Å². The van der Waals surface area contributed by atoms with E-state index in [0.29, 0.717) is 5.69 Å². The van der Waals surface area contributed by atoms with Gasteiger partial charge in [-0.05, 0) is 19.1 Å². The zero-order chi connectivity index (χ0) is 15.2. The highest BCUT2D eigenvalue weighted by Gasteiger charge is 2.27. The largest absolute Gasteiger partial charge is 0.462 e. The second-order valence-electron chi connectivity index (χ2n) is 4.25. The van der Waals surface area contributed by atoms with Crippen molar-refractivity contribution in [3.63, 3.8) is 0 Å². The number of hydrogen-bond donors (Lipinski definition) is 1. The Morgan fingerprint density at radius 1 is 1.30 bits per heavy atom. The summed E-state index contributed by atoms with van der Waals surface area (Å²) in [5, 5.41) is 0. The number of nitrogens with two attached hydrogens (primary N) is 1. The Morgan fingerprint density at radius 2 is 2.00 bits per heavy atom. The summed E-state index contributed by atoms with van der Waals surface area (Å²) in [6.45, 7) is 0.354. The molecule has 7 heteroatoms. The lowest BCUT2D eigenvalue weighted by Crippen LogP contribution is -2.18. The van der Waals surface area contributed by atoms with Crippen molar-refractivity contribution >= 4 is 11.7 Å². The number of anilines is 1. The van der Waals surface area contributed by atoms with Crippen LogP contribution in [0.5, 0.6) is 0 Å². The minimum atomic E-state index is -4.34. The van der Waals surface area contributed by atoms with Crippen LogP contribution in [0.25, 0.3) is 0 Å².